The van der Waals surface area contributed by atoms with Crippen LogP contribution in [0.2, 0.25) is 5.02 Å². The van der Waals surface area contributed by atoms with Gasteiger partial charge in [0.15, 0.2) is 5.65 Å². The first-order valence-corrected chi connectivity index (χ1v) is 12.9. The number of aryl methyl sites for hydroxylation is 2. The lowest BCUT2D eigenvalue weighted by Crippen LogP contribution is -2.47. The number of fused-ring (bicyclic) bond motifs is 5. The van der Waals surface area contributed by atoms with Gasteiger partial charge in [-0.3, -0.25) is 9.69 Å². The molecule has 2 bridgehead atoms. The first-order valence-electron chi connectivity index (χ1n) is 12.5. The summed E-state index contributed by atoms with van der Waals surface area (Å²) >= 11 is 6.35. The quantitative estimate of drug-likeness (QED) is 0.560. The molecule has 3 atom stereocenters. The number of piperidine rings is 1. The Bertz CT molecular complexity index is 1350. The van der Waals surface area contributed by atoms with E-state index in [9.17, 15) is 14.3 Å². The van der Waals surface area contributed by atoms with E-state index in [0.717, 1.165) is 48.3 Å². The molecule has 0 aliphatic carbocycles. The lowest BCUT2D eigenvalue weighted by atomic mass is 9.99. The highest BCUT2D eigenvalue weighted by atomic mass is 35.5. The van der Waals surface area contributed by atoms with Gasteiger partial charge in [0, 0.05) is 30.3 Å². The second-order valence-corrected chi connectivity index (χ2v) is 10.5. The average molecular weight is 514 g/mol. The summed E-state index contributed by atoms with van der Waals surface area (Å²) in [4.78, 5) is 22.3. The van der Waals surface area contributed by atoms with Crippen LogP contribution in [0.3, 0.4) is 0 Å². The number of amides is 1. The maximum absolute atomic E-state index is 14.2. The zero-order chi connectivity index (χ0) is 25.1. The van der Waals surface area contributed by atoms with E-state index in [4.69, 9.17) is 16.3 Å². The number of carbonyl (C=O) groups is 1. The fraction of sp³-hybridized carbons (Fsp3) is 0.500. The van der Waals surface area contributed by atoms with Gasteiger partial charge in [0.25, 0.3) is 5.91 Å². The molecule has 0 unspecified atom stereocenters. The number of aliphatic hydroxyl groups is 1. The van der Waals surface area contributed by atoms with Gasteiger partial charge in [0.05, 0.1) is 47.4 Å². The number of halogens is 2. The molecule has 190 valence electrons. The molecule has 1 aromatic carbocycles. The number of rotatable bonds is 5. The molecule has 36 heavy (non-hydrogen) atoms. The average Bonchev–Trinajstić information content (AvgIpc) is 3.48. The number of ether oxygens (including phenoxy) is 1. The Hall–Kier alpha value is -2.75. The molecule has 0 spiro atoms. The summed E-state index contributed by atoms with van der Waals surface area (Å²) in [7, 11) is 0. The fourth-order valence-electron chi connectivity index (χ4n) is 6.18. The molecular weight excluding hydrogens is 485 g/mol. The molecule has 8 nitrogen and oxygen atoms in total. The number of nitrogens with zero attached hydrogens (tertiary/aromatic N) is 5. The number of hydrogen-bond donors (Lipinski definition) is 1. The van der Waals surface area contributed by atoms with Gasteiger partial charge in [-0.15, -0.1) is 0 Å². The number of hydrogen-bond acceptors (Lipinski definition) is 6. The Labute approximate surface area is 213 Å². The predicted octanol–water partition coefficient (Wildman–Crippen LogP) is 3.66. The van der Waals surface area contributed by atoms with Crippen molar-refractivity contribution in [3.8, 4) is 5.75 Å². The van der Waals surface area contributed by atoms with E-state index in [1.165, 1.54) is 18.2 Å². The van der Waals surface area contributed by atoms with Gasteiger partial charge < -0.3 is 14.7 Å². The minimum absolute atomic E-state index is 0.0920. The molecule has 0 saturated carbocycles. The Morgan fingerprint density at radius 2 is 1.97 bits per heavy atom. The standard InChI is InChI=1S/C26H29ClFN5O3/c1-14-24(27)15(2)33-25(29-14)21-12-31(13-22(21)30-33)26(35)20-6-3-16(28)9-23(20)36-19-10-17-4-5-18(11-19)32(17)7-8-34/h3,6,9,17-19,34H,4-5,7-8,10-13H2,1-2H3/t17-,18+,19+. The molecule has 2 saturated heterocycles. The molecule has 5 heterocycles. The molecular formula is C26H29ClFN5O3. The molecule has 10 heteroatoms. The molecule has 2 fully saturated rings. The lowest BCUT2D eigenvalue weighted by molar-refractivity contribution is 0.0380. The van der Waals surface area contributed by atoms with Crippen molar-refractivity contribution < 1.29 is 19.0 Å². The second-order valence-electron chi connectivity index (χ2n) is 10.1. The van der Waals surface area contributed by atoms with E-state index in [1.54, 1.807) is 9.42 Å². The zero-order valence-electron chi connectivity index (χ0n) is 20.4. The summed E-state index contributed by atoms with van der Waals surface area (Å²) in [5, 5.41) is 14.6. The van der Waals surface area contributed by atoms with Crippen molar-refractivity contribution in [1.82, 2.24) is 24.4 Å². The Kier molecular flexibility index (Phi) is 5.89. The van der Waals surface area contributed by atoms with Crippen molar-refractivity contribution >= 4 is 23.2 Å². The highest BCUT2D eigenvalue weighted by Crippen LogP contribution is 2.38. The summed E-state index contributed by atoms with van der Waals surface area (Å²) in [6.45, 7) is 5.28. The van der Waals surface area contributed by atoms with Crippen LogP contribution in [0.4, 0.5) is 4.39 Å². The maximum Gasteiger partial charge on any atom is 0.258 e. The smallest absolute Gasteiger partial charge is 0.258 e. The third-order valence-corrected chi connectivity index (χ3v) is 8.46. The van der Waals surface area contributed by atoms with Crippen LogP contribution in [0.15, 0.2) is 18.2 Å². The van der Waals surface area contributed by atoms with E-state index < -0.39 is 5.82 Å². The predicted molar refractivity (Wildman–Crippen MR) is 132 cm³/mol. The summed E-state index contributed by atoms with van der Waals surface area (Å²) in [5.41, 5.74) is 4.30. The summed E-state index contributed by atoms with van der Waals surface area (Å²) < 4.78 is 22.3. The van der Waals surface area contributed by atoms with E-state index in [1.807, 2.05) is 13.8 Å². The van der Waals surface area contributed by atoms with Crippen molar-refractivity contribution in [2.24, 2.45) is 0 Å². The number of aromatic nitrogens is 3. The van der Waals surface area contributed by atoms with Crippen LogP contribution in [0.25, 0.3) is 5.65 Å². The van der Waals surface area contributed by atoms with Gasteiger partial charge in [-0.05, 0) is 51.7 Å². The van der Waals surface area contributed by atoms with Gasteiger partial charge >= 0.3 is 0 Å². The molecule has 3 aliphatic rings. The molecule has 2 aromatic heterocycles. The fourth-order valence-corrected chi connectivity index (χ4v) is 6.30. The topological polar surface area (TPSA) is 83.2 Å². The Morgan fingerprint density at radius 1 is 1.22 bits per heavy atom. The summed E-state index contributed by atoms with van der Waals surface area (Å²) in [5.74, 6) is -0.365. The third-order valence-electron chi connectivity index (χ3n) is 7.91. The Morgan fingerprint density at radius 3 is 2.69 bits per heavy atom. The van der Waals surface area contributed by atoms with Crippen molar-refractivity contribution in [3.63, 3.8) is 0 Å². The van der Waals surface area contributed by atoms with Crippen LogP contribution in [0.5, 0.6) is 5.75 Å². The van der Waals surface area contributed by atoms with Gasteiger partial charge in [-0.25, -0.2) is 13.9 Å². The van der Waals surface area contributed by atoms with Crippen molar-refractivity contribution in [2.75, 3.05) is 13.2 Å². The van der Waals surface area contributed by atoms with Gasteiger partial charge in [0.1, 0.15) is 17.7 Å². The zero-order valence-corrected chi connectivity index (χ0v) is 21.1. The largest absolute Gasteiger partial charge is 0.489 e. The molecule has 3 aromatic rings. The van der Waals surface area contributed by atoms with E-state index in [-0.39, 0.29) is 24.4 Å². The second kappa shape index (κ2) is 8.97. The lowest BCUT2D eigenvalue weighted by Gasteiger charge is -2.38. The van der Waals surface area contributed by atoms with Crippen LogP contribution in [0, 0.1) is 19.7 Å². The SMILES string of the molecule is Cc1nc2c3c(nn2c(C)c1Cl)CN(C(=O)c1ccc(F)cc1O[C@H]1C[C@H]2CC[C@@H](C1)N2CCO)C3. The van der Waals surface area contributed by atoms with Gasteiger partial charge in [-0.1, -0.05) is 11.6 Å². The van der Waals surface area contributed by atoms with Crippen molar-refractivity contribution in [1.29, 1.82) is 0 Å². The molecule has 6 rings (SSSR count). The van der Waals surface area contributed by atoms with Crippen molar-refractivity contribution in [3.05, 3.63) is 57.2 Å². The van der Waals surface area contributed by atoms with Crippen molar-refractivity contribution in [2.45, 2.75) is 70.8 Å². The van der Waals surface area contributed by atoms with Crippen LogP contribution < -0.4 is 4.74 Å². The van der Waals surface area contributed by atoms with Crippen LogP contribution in [0.1, 0.15) is 58.7 Å². The third kappa shape index (κ3) is 3.84. The number of benzene rings is 1. The van der Waals surface area contributed by atoms with Gasteiger partial charge in [-0.2, -0.15) is 5.10 Å². The first-order chi connectivity index (χ1) is 17.3. The molecule has 0 radical (unpaired) electrons. The molecule has 3 aliphatic heterocycles. The summed E-state index contributed by atoms with van der Waals surface area (Å²) in [6, 6.07) is 4.84. The van der Waals surface area contributed by atoms with Crippen LogP contribution in [-0.4, -0.2) is 66.8 Å². The normalized spacial score (nSPS) is 23.5. The van der Waals surface area contributed by atoms with Crippen LogP contribution >= 0.6 is 11.6 Å². The monoisotopic (exact) mass is 513 g/mol. The highest BCUT2D eigenvalue weighted by Gasteiger charge is 2.41. The summed E-state index contributed by atoms with van der Waals surface area (Å²) in [6.07, 6.45) is 3.67. The minimum atomic E-state index is -0.434. The first kappa shape index (κ1) is 23.6. The van der Waals surface area contributed by atoms with Gasteiger partial charge in [0.2, 0.25) is 0 Å². The number of aliphatic hydroxyl groups excluding tert-OH is 1. The number of carbonyl (C=O) groups excluding carboxylic acids is 1. The minimum Gasteiger partial charge on any atom is -0.489 e. The highest BCUT2D eigenvalue weighted by molar-refractivity contribution is 6.31. The van der Waals surface area contributed by atoms with E-state index >= 15 is 0 Å². The Balaban J connectivity index is 1.23. The van der Waals surface area contributed by atoms with Crippen LogP contribution in [-0.2, 0) is 13.1 Å². The van der Waals surface area contributed by atoms with E-state index in [0.29, 0.717) is 48.0 Å². The molecule has 1 amide bonds. The molecule has 1 N–H and O–H groups in total. The van der Waals surface area contributed by atoms with E-state index in [2.05, 4.69) is 15.0 Å². The maximum atomic E-state index is 14.2.